The molecule has 0 aliphatic rings. The average Bonchev–Trinajstić information content (AvgIpc) is 2.73. The van der Waals surface area contributed by atoms with Crippen LogP contribution in [0, 0.1) is 0 Å². The highest BCUT2D eigenvalue weighted by Crippen LogP contribution is 2.14. The van der Waals surface area contributed by atoms with Crippen LogP contribution < -0.4 is 10.2 Å². The van der Waals surface area contributed by atoms with Gasteiger partial charge in [-0.1, -0.05) is 0 Å². The van der Waals surface area contributed by atoms with Crippen LogP contribution in [0.2, 0.25) is 0 Å². The van der Waals surface area contributed by atoms with Crippen molar-refractivity contribution in [2.45, 2.75) is 13.3 Å². The van der Waals surface area contributed by atoms with Gasteiger partial charge in [0.05, 0.1) is 0 Å². The highest BCUT2D eigenvalue weighted by atomic mass is 16.2. The first kappa shape index (κ1) is 19.2. The number of Topliss-reactive ketones (excluding diaryl/α,β-unsaturated/α-hetero) is 1. The molecular weight excluding hydrogens is 354 g/mol. The van der Waals surface area contributed by atoms with Crippen LogP contribution in [0.3, 0.4) is 0 Å². The van der Waals surface area contributed by atoms with Crippen molar-refractivity contribution in [3.63, 3.8) is 0 Å². The number of likely N-dealkylation sites (N-methyl/N-ethyl adjacent to an activating group) is 1. The quantitative estimate of drug-likeness (QED) is 0.639. The minimum absolute atomic E-state index is 0.0203. The van der Waals surface area contributed by atoms with Crippen LogP contribution in [-0.4, -0.2) is 40.2 Å². The first-order valence-corrected chi connectivity index (χ1v) is 8.87. The number of carbonyl (C=O) groups excluding carboxylic acids is 2. The van der Waals surface area contributed by atoms with E-state index >= 15 is 0 Å². The van der Waals surface area contributed by atoms with Gasteiger partial charge in [-0.25, -0.2) is 9.97 Å². The Morgan fingerprint density at radius 2 is 1.75 bits per heavy atom. The van der Waals surface area contributed by atoms with Crippen LogP contribution in [0.5, 0.6) is 0 Å². The maximum Gasteiger partial charge on any atom is 0.274 e. The smallest absolute Gasteiger partial charge is 0.274 e. The molecule has 1 N–H and O–H groups in total. The van der Waals surface area contributed by atoms with Crippen LogP contribution in [0.4, 0.5) is 11.5 Å². The number of benzene rings is 1. The second-order valence-electron chi connectivity index (χ2n) is 6.38. The second kappa shape index (κ2) is 8.85. The zero-order valence-corrected chi connectivity index (χ0v) is 15.8. The number of rotatable bonds is 7. The molecule has 1 amide bonds. The second-order valence-corrected chi connectivity index (χ2v) is 6.38. The molecule has 0 bridgehead atoms. The average molecular weight is 375 g/mol. The minimum Gasteiger partial charge on any atom is -0.359 e. The van der Waals surface area contributed by atoms with Crippen LogP contribution in [0.15, 0.2) is 61.2 Å². The predicted molar refractivity (Wildman–Crippen MR) is 108 cm³/mol. The Kier molecular flexibility index (Phi) is 6.06. The summed E-state index contributed by atoms with van der Waals surface area (Å²) in [5.74, 6) is 0.316. The Labute approximate surface area is 163 Å². The third-order valence-electron chi connectivity index (χ3n) is 4.31. The number of hydrogen-bond acceptors (Lipinski definition) is 6. The Balaban J connectivity index is 1.64. The van der Waals surface area contributed by atoms with Gasteiger partial charge in [0, 0.05) is 43.3 Å². The summed E-state index contributed by atoms with van der Waals surface area (Å²) >= 11 is 0. The summed E-state index contributed by atoms with van der Waals surface area (Å²) in [4.78, 5) is 38.1. The Morgan fingerprint density at radius 3 is 2.43 bits per heavy atom. The molecule has 2 heterocycles. The molecule has 0 atom stereocenters. The van der Waals surface area contributed by atoms with E-state index in [1.807, 2.05) is 24.1 Å². The maximum absolute atomic E-state index is 12.5. The molecule has 0 aliphatic heterocycles. The molecule has 0 saturated carbocycles. The van der Waals surface area contributed by atoms with Gasteiger partial charge < -0.3 is 10.2 Å². The first-order valence-electron chi connectivity index (χ1n) is 8.87. The number of anilines is 2. The number of carbonyl (C=O) groups is 2. The van der Waals surface area contributed by atoms with Crippen molar-refractivity contribution in [1.29, 1.82) is 0 Å². The highest BCUT2D eigenvalue weighted by molar-refractivity contribution is 6.03. The summed E-state index contributed by atoms with van der Waals surface area (Å²) in [5, 5.41) is 2.78. The van der Waals surface area contributed by atoms with Gasteiger partial charge in [0.15, 0.2) is 5.78 Å². The van der Waals surface area contributed by atoms with E-state index in [1.165, 1.54) is 18.8 Å². The molecule has 0 fully saturated rings. The third kappa shape index (κ3) is 4.97. The molecule has 0 aliphatic carbocycles. The number of nitrogens with one attached hydrogen (secondary N) is 1. The van der Waals surface area contributed by atoms with Crippen molar-refractivity contribution < 1.29 is 9.59 Å². The van der Waals surface area contributed by atoms with E-state index in [4.69, 9.17) is 0 Å². The molecule has 7 nitrogen and oxygen atoms in total. The largest absolute Gasteiger partial charge is 0.359 e. The SMILES string of the molecule is CC(=O)c1ccc(NC(=O)c2cc(N(C)CCc3ccncc3)ncn2)cc1. The van der Waals surface area contributed by atoms with Gasteiger partial charge in [-0.15, -0.1) is 0 Å². The first-order chi connectivity index (χ1) is 13.5. The lowest BCUT2D eigenvalue weighted by atomic mass is 10.1. The number of amides is 1. The zero-order valence-electron chi connectivity index (χ0n) is 15.8. The molecule has 0 saturated heterocycles. The monoisotopic (exact) mass is 375 g/mol. The van der Waals surface area contributed by atoms with Crippen molar-refractivity contribution >= 4 is 23.2 Å². The normalized spacial score (nSPS) is 10.4. The zero-order chi connectivity index (χ0) is 19.9. The molecular formula is C21H21N5O2. The summed E-state index contributed by atoms with van der Waals surface area (Å²) in [6.07, 6.45) is 5.76. The molecule has 0 spiro atoms. The summed E-state index contributed by atoms with van der Waals surface area (Å²) in [6, 6.07) is 12.3. The topological polar surface area (TPSA) is 88.1 Å². The summed E-state index contributed by atoms with van der Waals surface area (Å²) in [7, 11) is 1.92. The van der Waals surface area contributed by atoms with E-state index in [1.54, 1.807) is 42.7 Å². The predicted octanol–water partition coefficient (Wildman–Crippen LogP) is 3.01. The molecule has 1 aromatic carbocycles. The molecule has 142 valence electrons. The fourth-order valence-corrected chi connectivity index (χ4v) is 2.62. The van der Waals surface area contributed by atoms with Gasteiger partial charge in [-0.05, 0) is 55.3 Å². The van der Waals surface area contributed by atoms with Crippen molar-refractivity contribution in [3.8, 4) is 0 Å². The molecule has 0 unspecified atom stereocenters. The van der Waals surface area contributed by atoms with Crippen molar-refractivity contribution in [1.82, 2.24) is 15.0 Å². The Morgan fingerprint density at radius 1 is 1.04 bits per heavy atom. The molecule has 28 heavy (non-hydrogen) atoms. The van der Waals surface area contributed by atoms with Gasteiger partial charge in [-0.2, -0.15) is 0 Å². The minimum atomic E-state index is -0.332. The number of pyridine rings is 1. The van der Waals surface area contributed by atoms with Crippen LogP contribution in [0.25, 0.3) is 0 Å². The lowest BCUT2D eigenvalue weighted by molar-refractivity contribution is 0.101. The summed E-state index contributed by atoms with van der Waals surface area (Å²) in [6.45, 7) is 2.25. The van der Waals surface area contributed by atoms with E-state index in [0.717, 1.165) is 13.0 Å². The summed E-state index contributed by atoms with van der Waals surface area (Å²) in [5.41, 5.74) is 2.65. The molecule has 7 heteroatoms. The van der Waals surface area contributed by atoms with Gasteiger partial charge in [0.2, 0.25) is 0 Å². The van der Waals surface area contributed by atoms with E-state index in [2.05, 4.69) is 20.3 Å². The number of nitrogens with zero attached hydrogens (tertiary/aromatic N) is 4. The molecule has 3 rings (SSSR count). The lowest BCUT2D eigenvalue weighted by Gasteiger charge is -2.18. The van der Waals surface area contributed by atoms with Gasteiger partial charge >= 0.3 is 0 Å². The van der Waals surface area contributed by atoms with Crippen molar-refractivity contribution in [2.75, 3.05) is 23.8 Å². The van der Waals surface area contributed by atoms with Gasteiger partial charge in [-0.3, -0.25) is 14.6 Å². The molecule has 0 radical (unpaired) electrons. The maximum atomic E-state index is 12.5. The van der Waals surface area contributed by atoms with Crippen molar-refractivity contribution in [2.24, 2.45) is 0 Å². The Hall–Kier alpha value is -3.61. The fourth-order valence-electron chi connectivity index (χ4n) is 2.62. The number of aromatic nitrogens is 3. The fraction of sp³-hybridized carbons (Fsp3) is 0.190. The van der Waals surface area contributed by atoms with Gasteiger partial charge in [0.25, 0.3) is 5.91 Å². The lowest BCUT2D eigenvalue weighted by Crippen LogP contribution is -2.23. The Bertz CT molecular complexity index is 958. The highest BCUT2D eigenvalue weighted by Gasteiger charge is 2.12. The van der Waals surface area contributed by atoms with E-state index in [-0.39, 0.29) is 17.4 Å². The van der Waals surface area contributed by atoms with E-state index in [9.17, 15) is 9.59 Å². The summed E-state index contributed by atoms with van der Waals surface area (Å²) < 4.78 is 0. The standard InChI is InChI=1S/C21H21N5O2/c1-15(27)17-3-5-18(6-4-17)25-21(28)19-13-20(24-14-23-19)26(2)12-9-16-7-10-22-11-8-16/h3-8,10-11,13-14H,9,12H2,1-2H3,(H,25,28). The van der Waals surface area contributed by atoms with Crippen LogP contribution >= 0.6 is 0 Å². The van der Waals surface area contributed by atoms with E-state index in [0.29, 0.717) is 17.1 Å². The van der Waals surface area contributed by atoms with E-state index < -0.39 is 0 Å². The van der Waals surface area contributed by atoms with Crippen LogP contribution in [-0.2, 0) is 6.42 Å². The third-order valence-corrected chi connectivity index (χ3v) is 4.31. The molecule has 3 aromatic rings. The van der Waals surface area contributed by atoms with Crippen LogP contribution in [0.1, 0.15) is 33.3 Å². The number of ketones is 1. The molecule has 2 aromatic heterocycles. The van der Waals surface area contributed by atoms with Crippen molar-refractivity contribution in [3.05, 3.63) is 78.0 Å². The van der Waals surface area contributed by atoms with Gasteiger partial charge in [0.1, 0.15) is 17.8 Å². The number of hydrogen-bond donors (Lipinski definition) is 1.